The summed E-state index contributed by atoms with van der Waals surface area (Å²) < 4.78 is 0. The molecule has 6 atom stereocenters. The SMILES string of the molecule is CC(C)[C@H](N)C(=O)N[C@@H](Cc1ccc(O)cc1)C(=O)N[C@H](C(=O)N[C@@H](Cc1cnc[nH]1)C(=O)N1CCC[C@H]1C(=O)N[C@@H](Cc1ccccc1)C(=O)O)C(C)C. The van der Waals surface area contributed by atoms with Crippen molar-refractivity contribution in [3.05, 3.63) is 83.9 Å². The van der Waals surface area contributed by atoms with Crippen molar-refractivity contribution in [2.24, 2.45) is 17.6 Å². The highest BCUT2D eigenvalue weighted by molar-refractivity contribution is 5.97. The van der Waals surface area contributed by atoms with E-state index < -0.39 is 77.7 Å². The molecule has 4 rings (SSSR count). The molecule has 16 nitrogen and oxygen atoms in total. The van der Waals surface area contributed by atoms with Crippen molar-refractivity contribution in [1.82, 2.24) is 36.1 Å². The van der Waals surface area contributed by atoms with Crippen LogP contribution in [0.4, 0.5) is 0 Å². The van der Waals surface area contributed by atoms with Gasteiger partial charge in [0, 0.05) is 37.7 Å². The molecular weight excluding hydrogens is 708 g/mol. The molecule has 5 amide bonds. The molecule has 0 bridgehead atoms. The van der Waals surface area contributed by atoms with E-state index in [-0.39, 0.29) is 37.5 Å². The van der Waals surface area contributed by atoms with Gasteiger partial charge in [-0.25, -0.2) is 9.78 Å². The Hall–Kier alpha value is -5.77. The Bertz CT molecular complexity index is 1770. The first-order chi connectivity index (χ1) is 26.1. The minimum atomic E-state index is -1.23. The fourth-order valence-electron chi connectivity index (χ4n) is 6.34. The van der Waals surface area contributed by atoms with Gasteiger partial charge in [0.2, 0.25) is 29.5 Å². The van der Waals surface area contributed by atoms with Gasteiger partial charge >= 0.3 is 5.97 Å². The van der Waals surface area contributed by atoms with Crippen LogP contribution in [0.3, 0.4) is 0 Å². The molecular formula is C39H52N8O8. The van der Waals surface area contributed by atoms with Crippen molar-refractivity contribution in [1.29, 1.82) is 0 Å². The van der Waals surface area contributed by atoms with E-state index in [0.29, 0.717) is 24.1 Å². The number of rotatable bonds is 18. The molecule has 55 heavy (non-hydrogen) atoms. The molecule has 9 N–H and O–H groups in total. The highest BCUT2D eigenvalue weighted by Crippen LogP contribution is 2.21. The highest BCUT2D eigenvalue weighted by atomic mass is 16.4. The number of nitrogens with one attached hydrogen (secondary N) is 5. The van der Waals surface area contributed by atoms with E-state index >= 15 is 0 Å². The average Bonchev–Trinajstić information content (AvgIpc) is 3.86. The maximum Gasteiger partial charge on any atom is 0.326 e. The minimum absolute atomic E-state index is 0.0213. The third kappa shape index (κ3) is 11.9. The number of amides is 5. The molecule has 1 aliphatic heterocycles. The van der Waals surface area contributed by atoms with E-state index in [1.54, 1.807) is 70.2 Å². The summed E-state index contributed by atoms with van der Waals surface area (Å²) in [6.07, 6.45) is 3.75. The number of carboxylic acids is 1. The normalized spacial score (nSPS) is 16.8. The number of likely N-dealkylation sites (tertiary alicyclic amines) is 1. The first kappa shape index (κ1) is 42.0. The van der Waals surface area contributed by atoms with Crippen molar-refractivity contribution >= 4 is 35.5 Å². The van der Waals surface area contributed by atoms with Crippen LogP contribution in [0.25, 0.3) is 0 Å². The Kier molecular flexibility index (Phi) is 14.9. The quantitative estimate of drug-likeness (QED) is 0.0906. The maximum atomic E-state index is 14.2. The second-order valence-electron chi connectivity index (χ2n) is 14.6. The Morgan fingerprint density at radius 1 is 0.800 bits per heavy atom. The Morgan fingerprint density at radius 3 is 2.04 bits per heavy atom. The summed E-state index contributed by atoms with van der Waals surface area (Å²) in [6.45, 7) is 7.18. The topological polar surface area (TPSA) is 249 Å². The Labute approximate surface area is 320 Å². The number of aromatic amines is 1. The molecule has 0 spiro atoms. The first-order valence-corrected chi connectivity index (χ1v) is 18.4. The van der Waals surface area contributed by atoms with Crippen LogP contribution in [0, 0.1) is 11.8 Å². The van der Waals surface area contributed by atoms with Gasteiger partial charge in [0.25, 0.3) is 0 Å². The second kappa shape index (κ2) is 19.5. The summed E-state index contributed by atoms with van der Waals surface area (Å²) in [5.41, 5.74) is 7.95. The molecule has 0 aliphatic carbocycles. The number of nitrogens with two attached hydrogens (primary N) is 1. The van der Waals surface area contributed by atoms with E-state index in [4.69, 9.17) is 5.73 Å². The van der Waals surface area contributed by atoms with Crippen LogP contribution in [0.15, 0.2) is 67.1 Å². The van der Waals surface area contributed by atoms with Crippen molar-refractivity contribution in [3.8, 4) is 5.75 Å². The number of benzene rings is 2. The van der Waals surface area contributed by atoms with Gasteiger partial charge in [0.15, 0.2) is 0 Å². The van der Waals surface area contributed by atoms with Crippen molar-refractivity contribution in [2.75, 3.05) is 6.54 Å². The van der Waals surface area contributed by atoms with Gasteiger partial charge in [0.1, 0.15) is 36.0 Å². The monoisotopic (exact) mass is 760 g/mol. The Balaban J connectivity index is 1.52. The number of nitrogens with zero attached hydrogens (tertiary/aromatic N) is 2. The molecule has 3 aromatic rings. The molecule has 2 aromatic carbocycles. The van der Waals surface area contributed by atoms with E-state index in [0.717, 1.165) is 5.56 Å². The van der Waals surface area contributed by atoms with E-state index in [2.05, 4.69) is 31.2 Å². The number of phenols is 1. The number of H-pyrrole nitrogens is 1. The molecule has 2 heterocycles. The molecule has 0 unspecified atom stereocenters. The van der Waals surface area contributed by atoms with Gasteiger partial charge < -0.3 is 47.1 Å². The summed E-state index contributed by atoms with van der Waals surface area (Å²) in [5.74, 6) is -4.96. The largest absolute Gasteiger partial charge is 0.508 e. The number of phenolic OH excluding ortho intramolecular Hbond substituents is 1. The van der Waals surface area contributed by atoms with Crippen LogP contribution < -0.4 is 27.0 Å². The zero-order chi connectivity index (χ0) is 40.2. The van der Waals surface area contributed by atoms with E-state index in [1.165, 1.54) is 29.6 Å². The first-order valence-electron chi connectivity index (χ1n) is 18.4. The summed E-state index contributed by atoms with van der Waals surface area (Å²) in [6, 6.07) is 8.40. The predicted molar refractivity (Wildman–Crippen MR) is 202 cm³/mol. The Morgan fingerprint density at radius 2 is 1.44 bits per heavy atom. The summed E-state index contributed by atoms with van der Waals surface area (Å²) in [5, 5.41) is 30.5. The van der Waals surface area contributed by atoms with E-state index in [9.17, 15) is 39.0 Å². The minimum Gasteiger partial charge on any atom is -0.508 e. The number of carbonyl (C=O) groups excluding carboxylic acids is 5. The second-order valence-corrected chi connectivity index (χ2v) is 14.6. The zero-order valence-electron chi connectivity index (χ0n) is 31.5. The zero-order valence-corrected chi connectivity index (χ0v) is 31.5. The van der Waals surface area contributed by atoms with Gasteiger partial charge in [-0.15, -0.1) is 0 Å². The number of carbonyl (C=O) groups is 6. The van der Waals surface area contributed by atoms with Crippen molar-refractivity contribution in [3.63, 3.8) is 0 Å². The fourth-order valence-corrected chi connectivity index (χ4v) is 6.34. The van der Waals surface area contributed by atoms with Gasteiger partial charge in [-0.2, -0.15) is 0 Å². The van der Waals surface area contributed by atoms with Gasteiger partial charge in [-0.3, -0.25) is 24.0 Å². The number of aromatic nitrogens is 2. The lowest BCUT2D eigenvalue weighted by atomic mass is 9.99. The molecule has 0 radical (unpaired) electrons. The molecule has 1 saturated heterocycles. The number of hydrogen-bond donors (Lipinski definition) is 8. The third-order valence-electron chi connectivity index (χ3n) is 9.61. The van der Waals surface area contributed by atoms with Gasteiger partial charge in [-0.1, -0.05) is 70.2 Å². The smallest absolute Gasteiger partial charge is 0.326 e. The highest BCUT2D eigenvalue weighted by Gasteiger charge is 2.40. The number of carboxylic acid groups (broad SMARTS) is 1. The molecule has 16 heteroatoms. The molecule has 296 valence electrons. The summed E-state index contributed by atoms with van der Waals surface area (Å²) >= 11 is 0. The molecule has 0 saturated carbocycles. The molecule has 1 fully saturated rings. The average molecular weight is 761 g/mol. The van der Waals surface area contributed by atoms with E-state index in [1.807, 2.05) is 0 Å². The lowest BCUT2D eigenvalue weighted by Crippen LogP contribution is -2.61. The summed E-state index contributed by atoms with van der Waals surface area (Å²) in [7, 11) is 0. The van der Waals surface area contributed by atoms with Gasteiger partial charge in [-0.05, 0) is 47.9 Å². The number of hydrogen-bond acceptors (Lipinski definition) is 9. The lowest BCUT2D eigenvalue weighted by molar-refractivity contribution is -0.145. The standard InChI is InChI=1S/C39H52N8O8/c1-22(2)32(40)36(51)43-28(17-25-12-14-27(48)15-13-25)34(49)46-33(23(3)4)37(52)44-29(19-26-20-41-21-42-26)38(53)47-16-8-11-31(47)35(50)45-30(39(54)55)18-24-9-6-5-7-10-24/h5-7,9-10,12-15,20-23,28-33,48H,8,11,16-19,40H2,1-4H3,(H,41,42)(H,43,51)(H,44,52)(H,45,50)(H,46,49)(H,54,55)/t28-,29-,30-,31-,32-,33-/m0/s1. The van der Waals surface area contributed by atoms with Gasteiger partial charge in [0.05, 0.1) is 12.4 Å². The van der Waals surface area contributed by atoms with Crippen LogP contribution in [0.1, 0.15) is 57.4 Å². The predicted octanol–water partition coefficient (Wildman–Crippen LogP) is 0.797. The maximum absolute atomic E-state index is 14.2. The summed E-state index contributed by atoms with van der Waals surface area (Å²) in [4.78, 5) is 89.1. The number of aliphatic carboxylic acids is 1. The third-order valence-corrected chi connectivity index (χ3v) is 9.61. The number of imidazole rings is 1. The van der Waals surface area contributed by atoms with Crippen LogP contribution in [0.2, 0.25) is 0 Å². The lowest BCUT2D eigenvalue weighted by Gasteiger charge is -2.31. The van der Waals surface area contributed by atoms with Crippen LogP contribution >= 0.6 is 0 Å². The fraction of sp³-hybridized carbons (Fsp3) is 0.462. The van der Waals surface area contributed by atoms with Crippen molar-refractivity contribution in [2.45, 2.75) is 96.1 Å². The number of aromatic hydroxyl groups is 1. The molecule has 1 aromatic heterocycles. The van der Waals surface area contributed by atoms with Crippen molar-refractivity contribution < 1.29 is 39.0 Å². The van der Waals surface area contributed by atoms with Crippen LogP contribution in [0.5, 0.6) is 5.75 Å². The van der Waals surface area contributed by atoms with Crippen LogP contribution in [-0.2, 0) is 48.0 Å². The van der Waals surface area contributed by atoms with Crippen LogP contribution in [-0.4, -0.2) is 103 Å². The molecule has 1 aliphatic rings.